The van der Waals surface area contributed by atoms with E-state index in [0.717, 1.165) is 6.42 Å². The Bertz CT molecular complexity index is 584. The molecule has 164 valence electrons. The van der Waals surface area contributed by atoms with E-state index < -0.39 is 19.9 Å². The van der Waals surface area contributed by atoms with Crippen molar-refractivity contribution in [3.63, 3.8) is 0 Å². The van der Waals surface area contributed by atoms with Gasteiger partial charge in [-0.3, -0.25) is 4.84 Å². The van der Waals surface area contributed by atoms with Crippen molar-refractivity contribution < 1.29 is 28.2 Å². The zero-order valence-corrected chi connectivity index (χ0v) is 20.2. The second-order valence-corrected chi connectivity index (χ2v) is 15.0. The first-order chi connectivity index (χ1) is 12.8. The molecule has 28 heavy (non-hydrogen) atoms. The average Bonchev–Trinajstić information content (AvgIpc) is 2.96. The van der Waals surface area contributed by atoms with Crippen molar-refractivity contribution in [2.45, 2.75) is 95.1 Å². The van der Waals surface area contributed by atoms with Crippen LogP contribution in [0.3, 0.4) is 0 Å². The molecule has 0 bridgehead atoms. The summed E-state index contributed by atoms with van der Waals surface area (Å²) in [6, 6.07) is 0.0974. The van der Waals surface area contributed by atoms with Crippen LogP contribution in [-0.2, 0) is 28.2 Å². The molecule has 0 unspecified atom stereocenters. The first-order valence-electron chi connectivity index (χ1n) is 10.3. The van der Waals surface area contributed by atoms with E-state index in [1.807, 2.05) is 26.0 Å². The van der Waals surface area contributed by atoms with Crippen LogP contribution in [0.5, 0.6) is 0 Å². The van der Waals surface area contributed by atoms with E-state index in [9.17, 15) is 0 Å². The maximum absolute atomic E-state index is 6.86. The average molecular weight is 418 g/mol. The number of ether oxygens (including phenoxy) is 4. The van der Waals surface area contributed by atoms with Gasteiger partial charge in [0.25, 0.3) is 0 Å². The van der Waals surface area contributed by atoms with Crippen LogP contribution in [0.25, 0.3) is 0 Å². The van der Waals surface area contributed by atoms with Crippen LogP contribution in [0, 0.1) is 5.92 Å². The Morgan fingerprint density at radius 3 is 2.04 bits per heavy atom. The molecule has 0 spiro atoms. The van der Waals surface area contributed by atoms with Crippen LogP contribution >= 0.6 is 0 Å². The van der Waals surface area contributed by atoms with Crippen molar-refractivity contribution in [3.05, 3.63) is 0 Å². The van der Waals surface area contributed by atoms with Crippen molar-refractivity contribution in [3.8, 4) is 0 Å². The molecule has 7 nitrogen and oxygen atoms in total. The van der Waals surface area contributed by atoms with Gasteiger partial charge in [0.2, 0.25) is 11.6 Å². The molecule has 0 amide bonds. The highest BCUT2D eigenvalue weighted by Crippen LogP contribution is 2.49. The zero-order valence-electron chi connectivity index (χ0n) is 19.2. The number of likely N-dealkylation sites (N-methyl/N-ethyl adjacent to an activating group) is 1. The highest BCUT2D eigenvalue weighted by atomic mass is 28.4. The molecule has 8 heteroatoms. The third-order valence-corrected chi connectivity index (χ3v) is 12.0. The number of rotatable bonds is 4. The van der Waals surface area contributed by atoms with Gasteiger partial charge < -0.3 is 23.4 Å². The third kappa shape index (κ3) is 3.49. The highest BCUT2D eigenvalue weighted by molar-refractivity contribution is 6.74. The van der Waals surface area contributed by atoms with Gasteiger partial charge in [-0.25, -0.2) is 0 Å². The van der Waals surface area contributed by atoms with Crippen molar-refractivity contribution in [1.82, 2.24) is 5.06 Å². The van der Waals surface area contributed by atoms with Gasteiger partial charge in [-0.2, -0.15) is 5.06 Å². The van der Waals surface area contributed by atoms with E-state index >= 15 is 0 Å². The molecular weight excluding hydrogens is 378 g/mol. The van der Waals surface area contributed by atoms with E-state index in [1.54, 1.807) is 14.2 Å². The smallest absolute Gasteiger partial charge is 0.220 e. The standard InChI is InChI=1S/C20H39NO6Si/c1-18(2,3)28(9,10)27-14-11-13-12-24-21(6)15(13)17-16(14)25-19(4,22-7)20(5,23-8)26-17/h13-17H,11-12H2,1-10H3/t13-,14+,15+,16-,17-,19+,20+/m1/s1. The molecule has 0 N–H and O–H groups in total. The lowest BCUT2D eigenvalue weighted by Crippen LogP contribution is -2.72. The van der Waals surface area contributed by atoms with Gasteiger partial charge in [0.15, 0.2) is 8.32 Å². The number of nitrogens with zero attached hydrogens (tertiary/aromatic N) is 1. The topological polar surface area (TPSA) is 58.6 Å². The molecule has 7 atom stereocenters. The van der Waals surface area contributed by atoms with Gasteiger partial charge in [-0.1, -0.05) is 20.8 Å². The molecule has 3 fully saturated rings. The molecular formula is C20H39NO6Si. The van der Waals surface area contributed by atoms with E-state index in [-0.39, 0.29) is 29.4 Å². The van der Waals surface area contributed by atoms with Gasteiger partial charge in [0, 0.05) is 27.2 Å². The molecule has 3 aliphatic rings. The summed E-state index contributed by atoms with van der Waals surface area (Å²) >= 11 is 0. The van der Waals surface area contributed by atoms with Crippen molar-refractivity contribution in [2.24, 2.45) is 5.92 Å². The number of hydroxylamine groups is 2. The van der Waals surface area contributed by atoms with E-state index in [0.29, 0.717) is 12.5 Å². The van der Waals surface area contributed by atoms with Crippen LogP contribution < -0.4 is 0 Å². The minimum atomic E-state index is -1.99. The summed E-state index contributed by atoms with van der Waals surface area (Å²) in [6.07, 6.45) is 0.329. The van der Waals surface area contributed by atoms with Crippen molar-refractivity contribution in [2.75, 3.05) is 27.9 Å². The SMILES string of the molecule is CO[C@@]1(C)O[C@H]2[C@H](O[C@]1(C)OC)[C@@H](O[Si](C)(C)C(C)(C)C)C[C@@H]1CON(C)[C@@H]12. The molecule has 2 heterocycles. The summed E-state index contributed by atoms with van der Waals surface area (Å²) in [7, 11) is 3.23. The Hall–Kier alpha value is -0.0631. The fourth-order valence-corrected chi connectivity index (χ4v) is 5.71. The van der Waals surface area contributed by atoms with Gasteiger partial charge in [0.05, 0.1) is 18.8 Å². The Morgan fingerprint density at radius 1 is 1.00 bits per heavy atom. The molecule has 0 aromatic heterocycles. The van der Waals surface area contributed by atoms with Crippen LogP contribution in [0.1, 0.15) is 41.0 Å². The summed E-state index contributed by atoms with van der Waals surface area (Å²) in [4.78, 5) is 5.86. The summed E-state index contributed by atoms with van der Waals surface area (Å²) in [5.41, 5.74) is 0. The number of hydrogen-bond acceptors (Lipinski definition) is 7. The first kappa shape index (κ1) is 22.6. The molecule has 0 aromatic carbocycles. The van der Waals surface area contributed by atoms with Crippen LogP contribution in [0.4, 0.5) is 0 Å². The van der Waals surface area contributed by atoms with Gasteiger partial charge in [-0.05, 0) is 38.4 Å². The lowest BCUT2D eigenvalue weighted by Gasteiger charge is -2.58. The monoisotopic (exact) mass is 417 g/mol. The molecule has 1 saturated carbocycles. The van der Waals surface area contributed by atoms with E-state index in [4.69, 9.17) is 28.2 Å². The van der Waals surface area contributed by atoms with Crippen LogP contribution in [0.15, 0.2) is 0 Å². The van der Waals surface area contributed by atoms with Crippen molar-refractivity contribution >= 4 is 8.32 Å². The van der Waals surface area contributed by atoms with Crippen LogP contribution in [-0.4, -0.2) is 77.2 Å². The second kappa shape index (κ2) is 7.27. The fourth-order valence-electron chi connectivity index (χ4n) is 4.37. The quantitative estimate of drug-likeness (QED) is 0.651. The predicted octanol–water partition coefficient (Wildman–Crippen LogP) is 3.15. The lowest BCUT2D eigenvalue weighted by atomic mass is 9.78. The first-order valence-corrected chi connectivity index (χ1v) is 13.2. The highest BCUT2D eigenvalue weighted by Gasteiger charge is 2.64. The number of methoxy groups -OCH3 is 2. The summed E-state index contributed by atoms with van der Waals surface area (Å²) < 4.78 is 31.6. The van der Waals surface area contributed by atoms with Gasteiger partial charge in [-0.15, -0.1) is 0 Å². The predicted molar refractivity (Wildman–Crippen MR) is 108 cm³/mol. The Balaban J connectivity index is 1.96. The molecule has 2 saturated heterocycles. The minimum absolute atomic E-state index is 0.0712. The summed E-state index contributed by atoms with van der Waals surface area (Å²) in [5, 5.41) is 2.03. The minimum Gasteiger partial charge on any atom is -0.411 e. The van der Waals surface area contributed by atoms with Crippen LogP contribution in [0.2, 0.25) is 18.1 Å². The normalized spacial score (nSPS) is 45.0. The summed E-state index contributed by atoms with van der Waals surface area (Å²) in [6.45, 7) is 15.8. The third-order valence-electron chi connectivity index (χ3n) is 7.54. The Morgan fingerprint density at radius 2 is 1.54 bits per heavy atom. The Kier molecular flexibility index (Phi) is 5.87. The number of fused-ring (bicyclic) bond motifs is 3. The maximum Gasteiger partial charge on any atom is 0.220 e. The van der Waals surface area contributed by atoms with E-state index in [1.165, 1.54) is 0 Å². The van der Waals surface area contributed by atoms with Gasteiger partial charge in [0.1, 0.15) is 12.2 Å². The summed E-state index contributed by atoms with van der Waals surface area (Å²) in [5.74, 6) is -1.74. The molecule has 1 aliphatic carbocycles. The van der Waals surface area contributed by atoms with E-state index in [2.05, 4.69) is 33.9 Å². The molecule has 2 aliphatic heterocycles. The molecule has 0 radical (unpaired) electrons. The molecule has 0 aromatic rings. The lowest BCUT2D eigenvalue weighted by molar-refractivity contribution is -0.462. The Labute approximate surface area is 171 Å². The largest absolute Gasteiger partial charge is 0.411 e. The number of hydrogen-bond donors (Lipinski definition) is 0. The van der Waals surface area contributed by atoms with Crippen molar-refractivity contribution in [1.29, 1.82) is 0 Å². The second-order valence-electron chi connectivity index (χ2n) is 10.2. The maximum atomic E-state index is 6.86. The molecule has 3 rings (SSSR count). The zero-order chi connectivity index (χ0) is 21.1. The van der Waals surface area contributed by atoms with Gasteiger partial charge >= 0.3 is 0 Å². The fraction of sp³-hybridized carbons (Fsp3) is 1.00.